The Morgan fingerprint density at radius 2 is 1.93 bits per heavy atom. The minimum atomic E-state index is -0.197. The second-order valence-corrected chi connectivity index (χ2v) is 8.87. The zero-order valence-electron chi connectivity index (χ0n) is 18.1. The third-order valence-corrected chi connectivity index (χ3v) is 6.94. The van der Waals surface area contributed by atoms with E-state index in [0.29, 0.717) is 6.04 Å². The molecule has 150 valence electrons. The molecule has 0 radical (unpaired) electrons. The van der Waals surface area contributed by atoms with Gasteiger partial charge in [0, 0.05) is 29.6 Å². The smallest absolute Gasteiger partial charge is 0.0600 e. The SMILES string of the molecule is C=CC1=C(C=C)C(C)(C)N(C(=C)C2=Cc3cccc4c3N(C2=C)C(C)CC4)CC1. The van der Waals surface area contributed by atoms with Crippen LogP contribution >= 0.6 is 0 Å². The van der Waals surface area contributed by atoms with E-state index in [-0.39, 0.29) is 5.54 Å². The summed E-state index contributed by atoms with van der Waals surface area (Å²) in [5.74, 6) is 0. The van der Waals surface area contributed by atoms with Gasteiger partial charge in [0.25, 0.3) is 0 Å². The topological polar surface area (TPSA) is 6.48 Å². The molecule has 0 fully saturated rings. The minimum Gasteiger partial charge on any atom is -0.362 e. The molecule has 0 amide bonds. The summed E-state index contributed by atoms with van der Waals surface area (Å²) in [5.41, 5.74) is 9.60. The van der Waals surface area contributed by atoms with Gasteiger partial charge >= 0.3 is 0 Å². The average molecular weight is 385 g/mol. The minimum absolute atomic E-state index is 0.197. The molecule has 0 N–H and O–H groups in total. The number of aryl methyl sites for hydroxylation is 1. The molecule has 1 aromatic rings. The molecule has 0 aliphatic carbocycles. The standard InChI is InChI=1S/C27H32N2/c1-8-21-15-16-28(27(6,7)25(21)9-2)19(4)24-17-23-12-10-11-22-14-13-18(3)29(20(24)5)26(22)23/h8-12,17-18H,1-2,4-5,13-16H2,3,6-7H3. The molecule has 3 aliphatic heterocycles. The van der Waals surface area contributed by atoms with E-state index < -0.39 is 0 Å². The van der Waals surface area contributed by atoms with Crippen molar-refractivity contribution in [1.29, 1.82) is 0 Å². The van der Waals surface area contributed by atoms with E-state index in [4.69, 9.17) is 0 Å². The van der Waals surface area contributed by atoms with E-state index in [1.807, 2.05) is 12.2 Å². The van der Waals surface area contributed by atoms with Gasteiger partial charge in [-0.15, -0.1) is 0 Å². The summed E-state index contributed by atoms with van der Waals surface area (Å²) in [6.07, 6.45) is 9.48. The molecule has 3 aliphatic rings. The third kappa shape index (κ3) is 2.85. The lowest BCUT2D eigenvalue weighted by Gasteiger charge is -2.49. The van der Waals surface area contributed by atoms with Crippen LogP contribution in [-0.4, -0.2) is 23.0 Å². The average Bonchev–Trinajstić information content (AvgIpc) is 2.70. The number of para-hydroxylation sites is 1. The van der Waals surface area contributed by atoms with Crippen molar-refractivity contribution in [3.8, 4) is 0 Å². The summed E-state index contributed by atoms with van der Waals surface area (Å²) in [7, 11) is 0. The van der Waals surface area contributed by atoms with Gasteiger partial charge in [-0.25, -0.2) is 0 Å². The number of rotatable bonds is 4. The molecule has 0 bridgehead atoms. The van der Waals surface area contributed by atoms with Crippen LogP contribution in [0.4, 0.5) is 5.69 Å². The summed E-state index contributed by atoms with van der Waals surface area (Å²) in [5, 5.41) is 0. The van der Waals surface area contributed by atoms with E-state index in [1.54, 1.807) is 0 Å². The molecule has 0 saturated heterocycles. The number of anilines is 1. The second-order valence-electron chi connectivity index (χ2n) is 8.87. The van der Waals surface area contributed by atoms with E-state index in [0.717, 1.165) is 42.8 Å². The van der Waals surface area contributed by atoms with Crippen molar-refractivity contribution in [2.75, 3.05) is 11.4 Å². The second kappa shape index (κ2) is 6.95. The van der Waals surface area contributed by atoms with Crippen molar-refractivity contribution in [1.82, 2.24) is 4.90 Å². The molecule has 29 heavy (non-hydrogen) atoms. The number of allylic oxidation sites excluding steroid dienone is 1. The van der Waals surface area contributed by atoms with Crippen LogP contribution in [0, 0.1) is 0 Å². The summed E-state index contributed by atoms with van der Waals surface area (Å²) in [6.45, 7) is 24.9. The number of hydrogen-bond donors (Lipinski definition) is 0. The largest absolute Gasteiger partial charge is 0.362 e. The molecule has 1 unspecified atom stereocenters. The molecule has 4 rings (SSSR count). The third-order valence-electron chi connectivity index (χ3n) is 6.94. The van der Waals surface area contributed by atoms with Crippen molar-refractivity contribution in [3.63, 3.8) is 0 Å². The van der Waals surface area contributed by atoms with Gasteiger partial charge in [0.1, 0.15) is 0 Å². The van der Waals surface area contributed by atoms with Crippen LogP contribution in [0.25, 0.3) is 6.08 Å². The van der Waals surface area contributed by atoms with Gasteiger partial charge in [0.2, 0.25) is 0 Å². The predicted octanol–water partition coefficient (Wildman–Crippen LogP) is 6.41. The van der Waals surface area contributed by atoms with Crippen molar-refractivity contribution < 1.29 is 0 Å². The molecule has 0 saturated carbocycles. The highest BCUT2D eigenvalue weighted by Gasteiger charge is 2.38. The molecular weight excluding hydrogens is 352 g/mol. The highest BCUT2D eigenvalue weighted by atomic mass is 15.2. The summed E-state index contributed by atoms with van der Waals surface area (Å²) in [6, 6.07) is 7.09. The van der Waals surface area contributed by atoms with Gasteiger partial charge in [0.15, 0.2) is 0 Å². The van der Waals surface area contributed by atoms with Crippen molar-refractivity contribution in [2.45, 2.75) is 51.6 Å². The van der Waals surface area contributed by atoms with E-state index in [2.05, 4.69) is 81.2 Å². The lowest BCUT2D eigenvalue weighted by Crippen LogP contribution is -2.49. The number of benzene rings is 1. The van der Waals surface area contributed by atoms with E-state index in [9.17, 15) is 0 Å². The first-order valence-electron chi connectivity index (χ1n) is 10.6. The molecule has 0 spiro atoms. The predicted molar refractivity (Wildman–Crippen MR) is 126 cm³/mol. The Morgan fingerprint density at radius 3 is 2.62 bits per heavy atom. The Bertz CT molecular complexity index is 986. The zero-order valence-corrected chi connectivity index (χ0v) is 18.1. The number of hydrogen-bond acceptors (Lipinski definition) is 2. The zero-order chi connectivity index (χ0) is 20.9. The molecule has 2 heteroatoms. The fourth-order valence-electron chi connectivity index (χ4n) is 5.35. The maximum Gasteiger partial charge on any atom is 0.0600 e. The quantitative estimate of drug-likeness (QED) is 0.592. The van der Waals surface area contributed by atoms with Crippen LogP contribution in [-0.2, 0) is 6.42 Å². The fourth-order valence-corrected chi connectivity index (χ4v) is 5.35. The van der Waals surface area contributed by atoms with E-state index >= 15 is 0 Å². The van der Waals surface area contributed by atoms with E-state index in [1.165, 1.54) is 28.0 Å². The summed E-state index contributed by atoms with van der Waals surface area (Å²) in [4.78, 5) is 4.85. The highest BCUT2D eigenvalue weighted by Crippen LogP contribution is 2.46. The normalized spacial score (nSPS) is 22.8. The van der Waals surface area contributed by atoms with Crippen LogP contribution in [0.5, 0.6) is 0 Å². The summed E-state index contributed by atoms with van der Waals surface area (Å²) >= 11 is 0. The monoisotopic (exact) mass is 384 g/mol. The molecule has 2 nitrogen and oxygen atoms in total. The number of nitrogens with zero attached hydrogens (tertiary/aromatic N) is 2. The molecular formula is C27H32N2. The Hall–Kier alpha value is -2.74. The van der Waals surface area contributed by atoms with Gasteiger partial charge in [0.05, 0.1) is 11.2 Å². The Balaban J connectivity index is 1.79. The van der Waals surface area contributed by atoms with Gasteiger partial charge in [-0.3, -0.25) is 0 Å². The van der Waals surface area contributed by atoms with Crippen LogP contribution in [0.3, 0.4) is 0 Å². The maximum atomic E-state index is 4.56. The fraction of sp³-hybridized carbons (Fsp3) is 0.333. The molecule has 3 heterocycles. The Kier molecular flexibility index (Phi) is 4.69. The first-order valence-corrected chi connectivity index (χ1v) is 10.6. The maximum absolute atomic E-state index is 4.56. The van der Waals surface area contributed by atoms with Crippen LogP contribution in [0.15, 0.2) is 84.8 Å². The first-order chi connectivity index (χ1) is 13.8. The molecule has 1 aromatic carbocycles. The lowest BCUT2D eigenvalue weighted by molar-refractivity contribution is 0.199. The lowest BCUT2D eigenvalue weighted by atomic mass is 9.81. The Morgan fingerprint density at radius 1 is 1.17 bits per heavy atom. The first kappa shape index (κ1) is 19.6. The highest BCUT2D eigenvalue weighted by molar-refractivity contribution is 5.84. The van der Waals surface area contributed by atoms with Crippen molar-refractivity contribution in [2.24, 2.45) is 0 Å². The van der Waals surface area contributed by atoms with Crippen molar-refractivity contribution in [3.05, 3.63) is 95.9 Å². The molecule has 0 aromatic heterocycles. The van der Waals surface area contributed by atoms with Gasteiger partial charge in [-0.1, -0.05) is 56.7 Å². The van der Waals surface area contributed by atoms with Crippen LogP contribution in [0.1, 0.15) is 44.7 Å². The van der Waals surface area contributed by atoms with Crippen LogP contribution < -0.4 is 4.90 Å². The van der Waals surface area contributed by atoms with Crippen LogP contribution in [0.2, 0.25) is 0 Å². The van der Waals surface area contributed by atoms with Crippen molar-refractivity contribution >= 4 is 11.8 Å². The van der Waals surface area contributed by atoms with Gasteiger partial charge < -0.3 is 9.80 Å². The molecule has 1 atom stereocenters. The van der Waals surface area contributed by atoms with Gasteiger partial charge in [-0.05, 0) is 68.4 Å². The summed E-state index contributed by atoms with van der Waals surface area (Å²) < 4.78 is 0. The van der Waals surface area contributed by atoms with Gasteiger partial charge in [-0.2, -0.15) is 0 Å². The Labute approximate surface area is 175 Å².